The maximum Gasteiger partial charge on any atom is 0.334 e. The second-order valence-corrected chi connectivity index (χ2v) is 8.57. The van der Waals surface area contributed by atoms with E-state index < -0.39 is 52.8 Å². The first-order valence-corrected chi connectivity index (χ1v) is 9.47. The Bertz CT molecular complexity index is 741. The van der Waals surface area contributed by atoms with Crippen LogP contribution in [-0.2, 0) is 28.8 Å². The molecule has 2 bridgehead atoms. The molecule has 7 heteroatoms. The molecule has 4 rings (SSSR count). The van der Waals surface area contributed by atoms with Gasteiger partial charge in [-0.1, -0.05) is 26.5 Å². The fourth-order valence-corrected chi connectivity index (χ4v) is 4.88. The van der Waals surface area contributed by atoms with E-state index in [4.69, 9.17) is 19.2 Å². The molecule has 2 heterocycles. The van der Waals surface area contributed by atoms with E-state index in [9.17, 15) is 14.7 Å². The monoisotopic (exact) mass is 378 g/mol. The number of rotatable bonds is 3. The zero-order chi connectivity index (χ0) is 19.8. The molecular formula is C20H26O7. The summed E-state index contributed by atoms with van der Waals surface area (Å²) in [5.41, 5.74) is -3.39. The second-order valence-electron chi connectivity index (χ2n) is 8.57. The molecule has 0 aromatic carbocycles. The van der Waals surface area contributed by atoms with Crippen LogP contribution in [0.15, 0.2) is 24.3 Å². The van der Waals surface area contributed by atoms with Gasteiger partial charge in [0.15, 0.2) is 5.60 Å². The zero-order valence-electron chi connectivity index (χ0n) is 16.1. The molecule has 0 amide bonds. The third-order valence-corrected chi connectivity index (χ3v) is 6.94. The fraction of sp³-hybridized carbons (Fsp3) is 0.700. The summed E-state index contributed by atoms with van der Waals surface area (Å²) >= 11 is 0. The Balaban J connectivity index is 1.79. The van der Waals surface area contributed by atoms with Crippen LogP contribution >= 0.6 is 0 Å². The van der Waals surface area contributed by atoms with Crippen molar-refractivity contribution in [2.45, 2.75) is 69.5 Å². The van der Waals surface area contributed by atoms with Crippen molar-refractivity contribution < 1.29 is 33.9 Å². The Morgan fingerprint density at radius 3 is 2.70 bits per heavy atom. The van der Waals surface area contributed by atoms with Crippen LogP contribution in [0.25, 0.3) is 0 Å². The molecule has 2 aliphatic heterocycles. The Morgan fingerprint density at radius 1 is 1.41 bits per heavy atom. The number of esters is 2. The van der Waals surface area contributed by atoms with Crippen molar-refractivity contribution in [3.05, 3.63) is 24.3 Å². The van der Waals surface area contributed by atoms with Crippen molar-refractivity contribution in [2.24, 2.45) is 17.8 Å². The molecule has 8 atom stereocenters. The lowest BCUT2D eigenvalue weighted by atomic mass is 9.70. The molecular weight excluding hydrogens is 352 g/mol. The van der Waals surface area contributed by atoms with Crippen LogP contribution in [0.3, 0.4) is 0 Å². The minimum absolute atomic E-state index is 0.232. The lowest BCUT2D eigenvalue weighted by Crippen LogP contribution is -2.62. The Morgan fingerprint density at radius 2 is 2.11 bits per heavy atom. The van der Waals surface area contributed by atoms with Crippen molar-refractivity contribution in [3.8, 4) is 0 Å². The van der Waals surface area contributed by atoms with Crippen LogP contribution in [0.4, 0.5) is 0 Å². The van der Waals surface area contributed by atoms with Gasteiger partial charge in [-0.2, -0.15) is 0 Å². The van der Waals surface area contributed by atoms with E-state index in [1.807, 2.05) is 19.9 Å². The molecule has 27 heavy (non-hydrogen) atoms. The summed E-state index contributed by atoms with van der Waals surface area (Å²) in [4.78, 5) is 36.0. The summed E-state index contributed by atoms with van der Waals surface area (Å²) in [6, 6.07) is 0. The largest absolute Gasteiger partial charge is 0.459 e. The number of ether oxygens (including phenoxy) is 2. The van der Waals surface area contributed by atoms with Gasteiger partial charge in [-0.15, -0.1) is 0 Å². The zero-order valence-corrected chi connectivity index (χ0v) is 16.1. The van der Waals surface area contributed by atoms with Gasteiger partial charge in [0.2, 0.25) is 0 Å². The molecule has 7 nitrogen and oxygen atoms in total. The van der Waals surface area contributed by atoms with Crippen molar-refractivity contribution in [3.63, 3.8) is 0 Å². The number of carbonyl (C=O) groups excluding carboxylic acids is 2. The normalized spacial score (nSPS) is 48.6. The molecule has 4 aliphatic rings. The summed E-state index contributed by atoms with van der Waals surface area (Å²) in [5, 5.41) is 11.6. The summed E-state index contributed by atoms with van der Waals surface area (Å²) in [7, 11) is 0. The quantitative estimate of drug-likeness (QED) is 0.347. The van der Waals surface area contributed by atoms with E-state index in [1.165, 1.54) is 0 Å². The molecule has 0 spiro atoms. The molecule has 2 aliphatic carbocycles. The van der Waals surface area contributed by atoms with Gasteiger partial charge in [-0.25, -0.2) is 14.6 Å². The predicted octanol–water partition coefficient (Wildman–Crippen LogP) is 1.84. The third kappa shape index (κ3) is 2.25. The minimum Gasteiger partial charge on any atom is -0.459 e. The summed E-state index contributed by atoms with van der Waals surface area (Å²) < 4.78 is 11.4. The van der Waals surface area contributed by atoms with Gasteiger partial charge >= 0.3 is 11.9 Å². The number of carbonyl (C=O) groups is 2. The summed E-state index contributed by atoms with van der Waals surface area (Å²) in [6.45, 7) is 11.0. The van der Waals surface area contributed by atoms with E-state index in [1.54, 1.807) is 19.9 Å². The fourth-order valence-electron chi connectivity index (χ4n) is 4.88. The Labute approximate surface area is 158 Å². The minimum atomic E-state index is -1.58. The molecule has 1 N–H and O–H groups in total. The molecule has 0 aromatic rings. The highest BCUT2D eigenvalue weighted by Crippen LogP contribution is 2.62. The van der Waals surface area contributed by atoms with Crippen LogP contribution in [0, 0.1) is 17.8 Å². The van der Waals surface area contributed by atoms with Crippen LogP contribution < -0.4 is 0 Å². The van der Waals surface area contributed by atoms with Gasteiger partial charge in [0.05, 0.1) is 11.8 Å². The third-order valence-electron chi connectivity index (χ3n) is 6.94. The van der Waals surface area contributed by atoms with Gasteiger partial charge in [0.25, 0.3) is 0 Å². The smallest absolute Gasteiger partial charge is 0.334 e. The first kappa shape index (κ1) is 18.7. The molecule has 2 saturated heterocycles. The Kier molecular flexibility index (Phi) is 3.91. The summed E-state index contributed by atoms with van der Waals surface area (Å²) in [6.07, 6.45) is 2.95. The molecule has 148 valence electrons. The number of hydrogen-bond donors (Lipinski definition) is 1. The van der Waals surface area contributed by atoms with Crippen molar-refractivity contribution in [2.75, 3.05) is 0 Å². The highest BCUT2D eigenvalue weighted by Gasteiger charge is 2.76. The number of hydrogen-bond acceptors (Lipinski definition) is 7. The average Bonchev–Trinajstić information content (AvgIpc) is 3.18. The first-order chi connectivity index (χ1) is 12.6. The van der Waals surface area contributed by atoms with E-state index in [-0.39, 0.29) is 12.3 Å². The molecule has 3 fully saturated rings. The highest BCUT2D eigenvalue weighted by atomic mass is 17.2. The molecule has 0 radical (unpaired) electrons. The second kappa shape index (κ2) is 5.65. The Hall–Kier alpha value is -1.70. The van der Waals surface area contributed by atoms with Crippen molar-refractivity contribution in [1.82, 2.24) is 0 Å². The van der Waals surface area contributed by atoms with Gasteiger partial charge in [0.1, 0.15) is 23.4 Å². The lowest BCUT2D eigenvalue weighted by Gasteiger charge is -2.43. The molecule has 0 aromatic heterocycles. The van der Waals surface area contributed by atoms with Crippen LogP contribution in [-0.4, -0.2) is 46.1 Å². The maximum absolute atomic E-state index is 12.5. The van der Waals surface area contributed by atoms with Gasteiger partial charge in [-0.05, 0) is 32.8 Å². The average molecular weight is 378 g/mol. The lowest BCUT2D eigenvalue weighted by molar-refractivity contribution is -0.366. The molecule has 0 unspecified atom stereocenters. The van der Waals surface area contributed by atoms with Crippen LogP contribution in [0.5, 0.6) is 0 Å². The SMILES string of the molecule is C=C1C(=O)O[C@H]2[C@H]1C[C@@H](OC(=O)[C@H](C)CC)[C@@](C)(O)[C@@]13C=C[C@@](C)(OO1)[C@H]23. The van der Waals surface area contributed by atoms with Crippen molar-refractivity contribution in [1.29, 1.82) is 0 Å². The standard InChI is InChI=1S/C20H26O7/c1-6-10(2)16(21)24-13-9-12-11(3)17(22)25-14(12)15-18(4)7-8-20(15,27-26-18)19(13,5)23/h7-8,10,12-15,23H,3,6,9H2,1-2,4-5H3/t10-,12+,13-,14+,15+,18-,19-,20+/m1/s1. The number of aliphatic hydroxyl groups is 1. The van der Waals surface area contributed by atoms with E-state index in [0.29, 0.717) is 12.0 Å². The van der Waals surface area contributed by atoms with Crippen LogP contribution in [0.2, 0.25) is 0 Å². The number of fused-ring (bicyclic) bond motifs is 1. The van der Waals surface area contributed by atoms with Gasteiger partial charge < -0.3 is 14.6 Å². The molecule has 1 saturated carbocycles. The van der Waals surface area contributed by atoms with Gasteiger partial charge in [0, 0.05) is 11.5 Å². The topological polar surface area (TPSA) is 91.3 Å². The van der Waals surface area contributed by atoms with E-state index in [0.717, 1.165) is 0 Å². The first-order valence-electron chi connectivity index (χ1n) is 9.47. The predicted molar refractivity (Wildman–Crippen MR) is 93.0 cm³/mol. The van der Waals surface area contributed by atoms with E-state index in [2.05, 4.69) is 6.58 Å². The van der Waals surface area contributed by atoms with Crippen LogP contribution in [0.1, 0.15) is 40.5 Å². The van der Waals surface area contributed by atoms with E-state index >= 15 is 0 Å². The maximum atomic E-state index is 12.5. The van der Waals surface area contributed by atoms with Crippen molar-refractivity contribution >= 4 is 11.9 Å². The summed E-state index contributed by atoms with van der Waals surface area (Å²) in [5.74, 6) is -2.03. The van der Waals surface area contributed by atoms with Gasteiger partial charge in [-0.3, -0.25) is 4.79 Å². The highest BCUT2D eigenvalue weighted by molar-refractivity contribution is 5.91.